The number of benzene rings is 2. The molecule has 0 fully saturated rings. The summed E-state index contributed by atoms with van der Waals surface area (Å²) in [5.41, 5.74) is 1.91. The maximum atomic E-state index is 13.1. The summed E-state index contributed by atoms with van der Waals surface area (Å²) < 4.78 is 32.3. The summed E-state index contributed by atoms with van der Waals surface area (Å²) in [6, 6.07) is 15.4. The van der Waals surface area contributed by atoms with Gasteiger partial charge in [-0.15, -0.1) is 0 Å². The number of carbonyl (C=O) groups is 1. The lowest BCUT2D eigenvalue weighted by Crippen LogP contribution is -2.55. The number of ether oxygens (including phenoxy) is 1. The van der Waals surface area contributed by atoms with Gasteiger partial charge in [0.05, 0.1) is 18.5 Å². The molecule has 1 amide bonds. The summed E-state index contributed by atoms with van der Waals surface area (Å²) in [5.74, 6) is 0.0609. The van der Waals surface area contributed by atoms with Crippen LogP contribution in [0.3, 0.4) is 0 Å². The van der Waals surface area contributed by atoms with E-state index in [-0.39, 0.29) is 17.9 Å². The van der Waals surface area contributed by atoms with Gasteiger partial charge in [0.25, 0.3) is 5.91 Å². The number of sulfonamides is 1. The molecule has 0 aliphatic carbocycles. The maximum Gasteiger partial charge on any atom is 0.263 e. The molecule has 0 bridgehead atoms. The van der Waals surface area contributed by atoms with Gasteiger partial charge in [-0.1, -0.05) is 57.2 Å². The smallest absolute Gasteiger partial charge is 0.263 e. The third-order valence-electron chi connectivity index (χ3n) is 5.34. The van der Waals surface area contributed by atoms with Gasteiger partial charge in [0.2, 0.25) is 10.0 Å². The maximum absolute atomic E-state index is 13.1. The molecule has 0 aromatic heterocycles. The van der Waals surface area contributed by atoms with Crippen molar-refractivity contribution in [2.45, 2.75) is 58.1 Å². The summed E-state index contributed by atoms with van der Waals surface area (Å²) in [6.07, 6.45) is 0.867. The lowest BCUT2D eigenvalue weighted by atomic mass is 9.86. The Kier molecular flexibility index (Phi) is 6.11. The number of nitrogens with zero attached hydrogens (tertiary/aromatic N) is 1. The van der Waals surface area contributed by atoms with Gasteiger partial charge in [-0.25, -0.2) is 8.42 Å². The largest absolute Gasteiger partial charge is 0.476 e. The minimum atomic E-state index is -3.59. The number of anilines is 1. The Balaban J connectivity index is 1.84. The number of hydrogen-bond donors (Lipinski definition) is 1. The van der Waals surface area contributed by atoms with Crippen molar-refractivity contribution in [3.63, 3.8) is 0 Å². The van der Waals surface area contributed by atoms with Crippen LogP contribution in [-0.2, 0) is 26.7 Å². The van der Waals surface area contributed by atoms with E-state index in [1.165, 1.54) is 4.31 Å². The van der Waals surface area contributed by atoms with Crippen molar-refractivity contribution in [3.05, 3.63) is 59.7 Å². The molecule has 31 heavy (non-hydrogen) atoms. The van der Waals surface area contributed by atoms with E-state index in [9.17, 15) is 13.2 Å². The van der Waals surface area contributed by atoms with Crippen LogP contribution in [0.25, 0.3) is 0 Å². The predicted molar refractivity (Wildman–Crippen MR) is 124 cm³/mol. The van der Waals surface area contributed by atoms with Crippen LogP contribution in [-0.4, -0.2) is 38.8 Å². The number of rotatable bonds is 5. The van der Waals surface area contributed by atoms with Crippen LogP contribution in [0.1, 0.15) is 45.7 Å². The molecule has 3 rings (SSSR count). The van der Waals surface area contributed by atoms with Crippen LogP contribution in [0.15, 0.2) is 48.5 Å². The molecule has 1 aliphatic rings. The first kappa shape index (κ1) is 23.1. The highest BCUT2D eigenvalue weighted by Crippen LogP contribution is 2.38. The van der Waals surface area contributed by atoms with Crippen LogP contribution in [0.5, 0.6) is 5.75 Å². The summed E-state index contributed by atoms with van der Waals surface area (Å²) in [5, 5.41) is 3.03. The Morgan fingerprint density at radius 3 is 2.32 bits per heavy atom. The monoisotopic (exact) mass is 444 g/mol. The zero-order chi connectivity index (χ0) is 23.0. The summed E-state index contributed by atoms with van der Waals surface area (Å²) >= 11 is 0. The predicted octanol–water partition coefficient (Wildman–Crippen LogP) is 3.65. The number of amides is 1. The Morgan fingerprint density at radius 1 is 1.10 bits per heavy atom. The summed E-state index contributed by atoms with van der Waals surface area (Å²) in [7, 11) is -3.59. The molecule has 2 aromatic carbocycles. The number of fused-ring (bicyclic) bond motifs is 1. The molecule has 7 heteroatoms. The molecule has 0 radical (unpaired) electrons. The molecular formula is C24H32N2O4S. The van der Waals surface area contributed by atoms with Gasteiger partial charge in [0.15, 0.2) is 6.10 Å². The average Bonchev–Trinajstić information content (AvgIpc) is 2.65. The van der Waals surface area contributed by atoms with Gasteiger partial charge in [0, 0.05) is 5.54 Å². The fourth-order valence-corrected chi connectivity index (χ4v) is 4.64. The summed E-state index contributed by atoms with van der Waals surface area (Å²) in [4.78, 5) is 13.1. The van der Waals surface area contributed by atoms with Gasteiger partial charge >= 0.3 is 0 Å². The molecule has 0 spiro atoms. The Hall–Kier alpha value is -2.54. The van der Waals surface area contributed by atoms with Gasteiger partial charge in [-0.05, 0) is 48.9 Å². The van der Waals surface area contributed by atoms with E-state index in [2.05, 4.69) is 26.1 Å². The molecule has 1 aliphatic heterocycles. The van der Waals surface area contributed by atoms with Gasteiger partial charge in [-0.2, -0.15) is 0 Å². The highest BCUT2D eigenvalue weighted by molar-refractivity contribution is 7.92. The van der Waals surface area contributed by atoms with E-state index in [4.69, 9.17) is 4.74 Å². The minimum Gasteiger partial charge on any atom is -0.476 e. The lowest BCUT2D eigenvalue weighted by molar-refractivity contribution is -0.129. The van der Waals surface area contributed by atoms with Crippen molar-refractivity contribution in [1.82, 2.24) is 5.32 Å². The highest BCUT2D eigenvalue weighted by atomic mass is 32.2. The Morgan fingerprint density at radius 2 is 1.74 bits per heavy atom. The Labute approximate surface area is 185 Å². The van der Waals surface area contributed by atoms with Crippen molar-refractivity contribution >= 4 is 21.6 Å². The van der Waals surface area contributed by atoms with E-state index in [0.717, 1.165) is 17.4 Å². The normalized spacial score (nSPS) is 17.0. The average molecular weight is 445 g/mol. The third-order valence-corrected chi connectivity index (χ3v) is 6.48. The highest BCUT2D eigenvalue weighted by Gasteiger charge is 2.37. The molecule has 168 valence electrons. The topological polar surface area (TPSA) is 75.7 Å². The second kappa shape index (κ2) is 8.19. The second-order valence-electron chi connectivity index (χ2n) is 9.87. The fraction of sp³-hybridized carbons (Fsp3) is 0.458. The van der Waals surface area contributed by atoms with Crippen LogP contribution in [0, 0.1) is 0 Å². The van der Waals surface area contributed by atoms with Crippen LogP contribution < -0.4 is 14.4 Å². The molecule has 0 saturated carbocycles. The van der Waals surface area contributed by atoms with E-state index in [1.54, 1.807) is 6.07 Å². The molecule has 1 N–H and O–H groups in total. The van der Waals surface area contributed by atoms with Crippen molar-refractivity contribution in [2.75, 3.05) is 17.1 Å². The SMILES string of the molecule is CC(C)(Cc1ccccc1)NC(=O)[C@@H]1CN(S(C)(=O)=O)c2cc(C(C)(C)C)ccc2O1. The number of hydrogen-bond acceptors (Lipinski definition) is 4. The van der Waals surface area contributed by atoms with Crippen molar-refractivity contribution < 1.29 is 17.9 Å². The van der Waals surface area contributed by atoms with E-state index < -0.39 is 21.7 Å². The van der Waals surface area contributed by atoms with E-state index in [0.29, 0.717) is 17.9 Å². The molecule has 1 atom stereocenters. The fourth-order valence-electron chi connectivity index (χ4n) is 3.73. The molecule has 0 unspecified atom stereocenters. The second-order valence-corrected chi connectivity index (χ2v) is 11.8. The van der Waals surface area contributed by atoms with Gasteiger partial charge < -0.3 is 10.1 Å². The third kappa shape index (κ3) is 5.58. The van der Waals surface area contributed by atoms with Crippen LogP contribution in [0.2, 0.25) is 0 Å². The summed E-state index contributed by atoms with van der Waals surface area (Å²) in [6.45, 7) is 10.0. The first-order valence-corrected chi connectivity index (χ1v) is 12.3. The first-order valence-electron chi connectivity index (χ1n) is 10.4. The Bertz CT molecular complexity index is 1060. The zero-order valence-electron chi connectivity index (χ0n) is 19.1. The number of nitrogens with one attached hydrogen (secondary N) is 1. The van der Waals surface area contributed by atoms with Crippen LogP contribution >= 0.6 is 0 Å². The first-order chi connectivity index (χ1) is 14.3. The van der Waals surface area contributed by atoms with Gasteiger partial charge in [-0.3, -0.25) is 9.10 Å². The van der Waals surface area contributed by atoms with Crippen molar-refractivity contribution in [2.24, 2.45) is 0 Å². The van der Waals surface area contributed by atoms with Crippen molar-refractivity contribution in [3.8, 4) is 5.75 Å². The standard InChI is InChI=1S/C24H32N2O4S/c1-23(2,3)18-12-13-20-19(14-18)26(31(6,28)29)16-21(30-20)22(27)25-24(4,5)15-17-10-8-7-9-11-17/h7-14,21H,15-16H2,1-6H3,(H,25,27)/t21-/m0/s1. The lowest BCUT2D eigenvalue weighted by Gasteiger charge is -2.36. The van der Waals surface area contributed by atoms with Crippen LogP contribution in [0.4, 0.5) is 5.69 Å². The van der Waals surface area contributed by atoms with E-state index in [1.807, 2.05) is 56.3 Å². The molecule has 0 saturated heterocycles. The number of carbonyl (C=O) groups excluding carboxylic acids is 1. The van der Waals surface area contributed by atoms with Gasteiger partial charge in [0.1, 0.15) is 5.75 Å². The molecule has 1 heterocycles. The molecule has 2 aromatic rings. The van der Waals surface area contributed by atoms with E-state index >= 15 is 0 Å². The molecule has 6 nitrogen and oxygen atoms in total. The molecular weight excluding hydrogens is 412 g/mol. The van der Waals surface area contributed by atoms with Crippen molar-refractivity contribution in [1.29, 1.82) is 0 Å². The minimum absolute atomic E-state index is 0.0628. The quantitative estimate of drug-likeness (QED) is 0.764. The zero-order valence-corrected chi connectivity index (χ0v) is 19.9.